The van der Waals surface area contributed by atoms with E-state index in [1.165, 1.54) is 18.4 Å². The first-order valence-electron chi connectivity index (χ1n) is 5.89. The van der Waals surface area contributed by atoms with Crippen molar-refractivity contribution in [1.82, 2.24) is 0 Å². The number of benzene rings is 1. The van der Waals surface area contributed by atoms with Crippen LogP contribution in [-0.2, 0) is 14.3 Å². The number of carbonyl (C=O) groups excluding carboxylic acids is 3. The second-order valence-electron chi connectivity index (χ2n) is 4.04. The molecule has 0 radical (unpaired) electrons. The molecule has 1 atom stereocenters. The molecule has 0 aliphatic carbocycles. The molecule has 0 spiro atoms. The Balaban J connectivity index is 2.40. The Kier molecular flexibility index (Phi) is 4.42. The van der Waals surface area contributed by atoms with Gasteiger partial charge in [-0.3, -0.25) is 9.59 Å². The number of carbonyl (C=O) groups is 3. The van der Waals surface area contributed by atoms with Gasteiger partial charge in [-0.05, 0) is 17.0 Å². The van der Waals surface area contributed by atoms with E-state index < -0.39 is 11.9 Å². The lowest BCUT2D eigenvalue weighted by Crippen LogP contribution is -2.17. The molecule has 5 heteroatoms. The highest BCUT2D eigenvalue weighted by atomic mass is 32.1. The van der Waals surface area contributed by atoms with Gasteiger partial charge in [0.1, 0.15) is 12.2 Å². The second kappa shape index (κ2) is 6.25. The third-order valence-electron chi connectivity index (χ3n) is 2.86. The predicted molar refractivity (Wildman–Crippen MR) is 75.0 cm³/mol. The van der Waals surface area contributed by atoms with Crippen LogP contribution in [-0.4, -0.2) is 25.1 Å². The second-order valence-corrected chi connectivity index (χ2v) is 4.95. The fourth-order valence-corrected chi connectivity index (χ4v) is 2.76. The molecule has 0 aliphatic heterocycles. The summed E-state index contributed by atoms with van der Waals surface area (Å²) in [4.78, 5) is 35.5. The van der Waals surface area contributed by atoms with Gasteiger partial charge in [0.2, 0.25) is 5.78 Å². The van der Waals surface area contributed by atoms with E-state index in [-0.39, 0.29) is 5.78 Å². The van der Waals surface area contributed by atoms with E-state index in [9.17, 15) is 14.4 Å². The van der Waals surface area contributed by atoms with Crippen LogP contribution < -0.4 is 0 Å². The monoisotopic (exact) mass is 288 g/mol. The standard InChI is InChI=1S/C15H12O4S/c1-19-15(18)12(9-16)11-7-8-20-14(11)13(17)10-5-3-2-4-6-10/h2-9,12H,1H3. The first-order valence-corrected chi connectivity index (χ1v) is 6.77. The number of rotatable bonds is 5. The number of hydrogen-bond acceptors (Lipinski definition) is 5. The topological polar surface area (TPSA) is 60.4 Å². The molecule has 1 aromatic carbocycles. The van der Waals surface area contributed by atoms with Gasteiger partial charge in [0.05, 0.1) is 12.0 Å². The Morgan fingerprint density at radius 3 is 2.50 bits per heavy atom. The molecular formula is C15H12O4S. The van der Waals surface area contributed by atoms with Crippen LogP contribution in [0.25, 0.3) is 0 Å². The molecule has 2 aromatic rings. The molecule has 1 heterocycles. The van der Waals surface area contributed by atoms with Crippen LogP contribution in [0, 0.1) is 0 Å². The van der Waals surface area contributed by atoms with Crippen molar-refractivity contribution in [1.29, 1.82) is 0 Å². The first kappa shape index (κ1) is 14.1. The first-order chi connectivity index (χ1) is 9.69. The van der Waals surface area contributed by atoms with Gasteiger partial charge in [-0.1, -0.05) is 30.3 Å². The normalized spacial score (nSPS) is 11.7. The average molecular weight is 288 g/mol. The van der Waals surface area contributed by atoms with Crippen molar-refractivity contribution < 1.29 is 19.1 Å². The molecule has 0 aliphatic rings. The lowest BCUT2D eigenvalue weighted by molar-refractivity contribution is -0.143. The number of ether oxygens (including phenoxy) is 1. The summed E-state index contributed by atoms with van der Waals surface area (Å²) in [6.07, 6.45) is 0.496. The van der Waals surface area contributed by atoms with Gasteiger partial charge in [0.15, 0.2) is 0 Å². The summed E-state index contributed by atoms with van der Waals surface area (Å²) in [6, 6.07) is 10.3. The molecule has 20 heavy (non-hydrogen) atoms. The predicted octanol–water partition coefficient (Wildman–Crippen LogP) is 2.43. The van der Waals surface area contributed by atoms with E-state index >= 15 is 0 Å². The van der Waals surface area contributed by atoms with Crippen LogP contribution >= 0.6 is 11.3 Å². The van der Waals surface area contributed by atoms with E-state index in [0.29, 0.717) is 22.3 Å². The fourth-order valence-electron chi connectivity index (χ4n) is 1.85. The van der Waals surface area contributed by atoms with Gasteiger partial charge < -0.3 is 9.53 Å². The van der Waals surface area contributed by atoms with Gasteiger partial charge in [-0.25, -0.2) is 0 Å². The Labute approximate surface area is 120 Å². The number of thiophene rings is 1. The zero-order valence-electron chi connectivity index (χ0n) is 10.7. The van der Waals surface area contributed by atoms with Crippen molar-refractivity contribution in [2.24, 2.45) is 0 Å². The minimum Gasteiger partial charge on any atom is -0.468 e. The third kappa shape index (κ3) is 2.67. The number of esters is 1. The van der Waals surface area contributed by atoms with Gasteiger partial charge in [0, 0.05) is 5.56 Å². The van der Waals surface area contributed by atoms with Crippen LogP contribution in [0.4, 0.5) is 0 Å². The molecule has 0 saturated carbocycles. The molecule has 2 rings (SSSR count). The highest BCUT2D eigenvalue weighted by Gasteiger charge is 2.27. The molecule has 1 aromatic heterocycles. The summed E-state index contributed by atoms with van der Waals surface area (Å²) < 4.78 is 4.59. The van der Waals surface area contributed by atoms with E-state index in [1.807, 2.05) is 6.07 Å². The Morgan fingerprint density at radius 2 is 1.90 bits per heavy atom. The Bertz CT molecular complexity index is 630. The molecule has 0 fully saturated rings. The fraction of sp³-hybridized carbons (Fsp3) is 0.133. The highest BCUT2D eigenvalue weighted by molar-refractivity contribution is 7.12. The molecule has 0 amide bonds. The van der Waals surface area contributed by atoms with Gasteiger partial charge in [-0.15, -0.1) is 11.3 Å². The van der Waals surface area contributed by atoms with Crippen LogP contribution in [0.2, 0.25) is 0 Å². The zero-order valence-corrected chi connectivity index (χ0v) is 11.6. The van der Waals surface area contributed by atoms with E-state index in [0.717, 1.165) is 0 Å². The number of hydrogen-bond donors (Lipinski definition) is 0. The average Bonchev–Trinajstić information content (AvgIpc) is 2.97. The van der Waals surface area contributed by atoms with Gasteiger partial charge >= 0.3 is 5.97 Å². The van der Waals surface area contributed by atoms with Crippen molar-refractivity contribution in [2.75, 3.05) is 7.11 Å². The molecule has 0 saturated heterocycles. The van der Waals surface area contributed by atoms with Crippen LogP contribution in [0.1, 0.15) is 26.7 Å². The molecule has 0 bridgehead atoms. The van der Waals surface area contributed by atoms with Crippen LogP contribution in [0.3, 0.4) is 0 Å². The van der Waals surface area contributed by atoms with E-state index in [1.54, 1.807) is 35.7 Å². The summed E-state index contributed by atoms with van der Waals surface area (Å²) in [7, 11) is 1.21. The maximum absolute atomic E-state index is 12.4. The molecule has 102 valence electrons. The quantitative estimate of drug-likeness (QED) is 0.367. The number of methoxy groups -OCH3 is 1. The SMILES string of the molecule is COC(=O)C(C=O)c1ccsc1C(=O)c1ccccc1. The minimum absolute atomic E-state index is 0.202. The largest absolute Gasteiger partial charge is 0.468 e. The minimum atomic E-state index is -1.06. The van der Waals surface area contributed by atoms with Gasteiger partial charge in [0.25, 0.3) is 0 Å². The summed E-state index contributed by atoms with van der Waals surface area (Å²) in [5.41, 5.74) is 0.913. The van der Waals surface area contributed by atoms with Crippen molar-refractivity contribution >= 4 is 29.4 Å². The smallest absolute Gasteiger partial charge is 0.320 e. The summed E-state index contributed by atoms with van der Waals surface area (Å²) >= 11 is 1.21. The molecular weight excluding hydrogens is 276 g/mol. The van der Waals surface area contributed by atoms with Crippen LogP contribution in [0.15, 0.2) is 41.8 Å². The number of ketones is 1. The summed E-state index contributed by atoms with van der Waals surface area (Å²) in [6.45, 7) is 0. The number of aldehydes is 1. The van der Waals surface area contributed by atoms with Crippen LogP contribution in [0.5, 0.6) is 0 Å². The molecule has 4 nitrogen and oxygen atoms in total. The lowest BCUT2D eigenvalue weighted by atomic mass is 9.98. The van der Waals surface area contributed by atoms with E-state index in [2.05, 4.69) is 4.74 Å². The van der Waals surface area contributed by atoms with Crippen molar-refractivity contribution in [2.45, 2.75) is 5.92 Å². The molecule has 0 N–H and O–H groups in total. The molecule has 1 unspecified atom stereocenters. The van der Waals surface area contributed by atoms with Crippen molar-refractivity contribution in [3.63, 3.8) is 0 Å². The summed E-state index contributed by atoms with van der Waals surface area (Å²) in [5.74, 6) is -1.93. The Morgan fingerprint density at radius 1 is 1.20 bits per heavy atom. The van der Waals surface area contributed by atoms with Gasteiger partial charge in [-0.2, -0.15) is 0 Å². The maximum Gasteiger partial charge on any atom is 0.320 e. The third-order valence-corrected chi connectivity index (χ3v) is 3.79. The van der Waals surface area contributed by atoms with E-state index in [4.69, 9.17) is 0 Å². The Hall–Kier alpha value is -2.27. The van der Waals surface area contributed by atoms with Crippen molar-refractivity contribution in [3.8, 4) is 0 Å². The maximum atomic E-state index is 12.4. The van der Waals surface area contributed by atoms with Crippen molar-refractivity contribution in [3.05, 3.63) is 57.8 Å². The summed E-state index contributed by atoms with van der Waals surface area (Å²) in [5, 5.41) is 1.69. The highest BCUT2D eigenvalue weighted by Crippen LogP contribution is 2.27. The lowest BCUT2D eigenvalue weighted by Gasteiger charge is -2.08. The zero-order chi connectivity index (χ0) is 14.5.